The number of nitrogens with zero attached hydrogens (tertiary/aromatic N) is 2. The highest BCUT2D eigenvalue weighted by Gasteiger charge is 2.27. The fraction of sp³-hybridized carbons (Fsp3) is 0.867. The minimum Gasteiger partial charge on any atom is -0.481 e. The van der Waals surface area contributed by atoms with Gasteiger partial charge in [0.1, 0.15) is 0 Å². The van der Waals surface area contributed by atoms with Crippen LogP contribution in [0.3, 0.4) is 0 Å². The van der Waals surface area contributed by atoms with Gasteiger partial charge in [0.05, 0.1) is 12.5 Å². The maximum Gasteiger partial charge on any atom is 0.306 e. The average molecular weight is 319 g/mol. The maximum atomic E-state index is 12.3. The lowest BCUT2D eigenvalue weighted by Crippen LogP contribution is -2.46. The Morgan fingerprint density at radius 1 is 1.10 bits per heavy atom. The minimum absolute atomic E-state index is 0. The summed E-state index contributed by atoms with van der Waals surface area (Å²) >= 11 is 0. The van der Waals surface area contributed by atoms with Gasteiger partial charge < -0.3 is 10.0 Å². The zero-order valence-electron chi connectivity index (χ0n) is 12.8. The van der Waals surface area contributed by atoms with Crippen LogP contribution in [-0.2, 0) is 9.59 Å². The van der Waals surface area contributed by atoms with Gasteiger partial charge in [0.25, 0.3) is 0 Å². The number of carboxylic acid groups (broad SMARTS) is 1. The number of likely N-dealkylation sites (tertiary alicyclic amines) is 1. The molecule has 2 rings (SSSR count). The Labute approximate surface area is 133 Å². The Morgan fingerprint density at radius 2 is 1.67 bits per heavy atom. The largest absolute Gasteiger partial charge is 0.481 e. The molecule has 1 aliphatic carbocycles. The van der Waals surface area contributed by atoms with Crippen molar-refractivity contribution in [3.05, 3.63) is 0 Å². The molecule has 0 bridgehead atoms. The highest BCUT2D eigenvalue weighted by atomic mass is 35.5. The highest BCUT2D eigenvalue weighted by Crippen LogP contribution is 2.22. The van der Waals surface area contributed by atoms with Gasteiger partial charge in [-0.3, -0.25) is 14.5 Å². The van der Waals surface area contributed by atoms with E-state index in [1.165, 1.54) is 19.3 Å². The fourth-order valence-electron chi connectivity index (χ4n) is 3.31. The predicted octanol–water partition coefficient (Wildman–Crippen LogP) is 2.00. The molecule has 0 aromatic rings. The Bertz CT molecular complexity index is 351. The third kappa shape index (κ3) is 5.15. The van der Waals surface area contributed by atoms with Crippen LogP contribution in [0.4, 0.5) is 0 Å². The molecule has 1 saturated carbocycles. The number of aliphatic carboxylic acids is 1. The van der Waals surface area contributed by atoms with Crippen LogP contribution in [0.25, 0.3) is 0 Å². The third-order valence-corrected chi connectivity index (χ3v) is 4.81. The highest BCUT2D eigenvalue weighted by molar-refractivity contribution is 5.85. The van der Waals surface area contributed by atoms with Crippen molar-refractivity contribution in [2.45, 2.75) is 51.0 Å². The summed E-state index contributed by atoms with van der Waals surface area (Å²) in [4.78, 5) is 27.2. The molecule has 1 heterocycles. The lowest BCUT2D eigenvalue weighted by molar-refractivity contribution is -0.143. The topological polar surface area (TPSA) is 60.9 Å². The van der Waals surface area contributed by atoms with Crippen molar-refractivity contribution in [2.75, 3.05) is 26.7 Å². The summed E-state index contributed by atoms with van der Waals surface area (Å²) in [5, 5.41) is 8.97. The quantitative estimate of drug-likeness (QED) is 0.861. The van der Waals surface area contributed by atoms with Crippen LogP contribution in [0.15, 0.2) is 0 Å². The second-order valence-corrected chi connectivity index (χ2v) is 6.19. The first kappa shape index (κ1) is 18.2. The van der Waals surface area contributed by atoms with Crippen molar-refractivity contribution >= 4 is 24.3 Å². The number of amides is 1. The zero-order valence-corrected chi connectivity index (χ0v) is 13.6. The van der Waals surface area contributed by atoms with E-state index in [1.807, 2.05) is 11.9 Å². The van der Waals surface area contributed by atoms with E-state index in [4.69, 9.17) is 5.11 Å². The molecule has 5 nitrogen and oxygen atoms in total. The molecule has 0 radical (unpaired) electrons. The van der Waals surface area contributed by atoms with Gasteiger partial charge in [0.2, 0.25) is 5.91 Å². The lowest BCUT2D eigenvalue weighted by atomic mass is 9.94. The molecule has 2 aliphatic rings. The Morgan fingerprint density at radius 3 is 2.19 bits per heavy atom. The monoisotopic (exact) mass is 318 g/mol. The first-order chi connectivity index (χ1) is 9.58. The number of carboxylic acids is 1. The summed E-state index contributed by atoms with van der Waals surface area (Å²) in [5.41, 5.74) is 0. The molecule has 0 atom stereocenters. The van der Waals surface area contributed by atoms with Crippen LogP contribution in [0.5, 0.6) is 0 Å². The molecule has 1 amide bonds. The van der Waals surface area contributed by atoms with Gasteiger partial charge >= 0.3 is 5.97 Å². The number of piperidine rings is 1. The SMILES string of the molecule is CN(C(=O)CN1CCC(C(=O)O)CC1)C1CCCCC1.Cl. The predicted molar refractivity (Wildman–Crippen MR) is 83.7 cm³/mol. The van der Waals surface area contributed by atoms with Crippen LogP contribution in [0, 0.1) is 5.92 Å². The van der Waals surface area contributed by atoms with Gasteiger partial charge in [-0.15, -0.1) is 12.4 Å². The Hall–Kier alpha value is -0.810. The van der Waals surface area contributed by atoms with Gasteiger partial charge in [-0.2, -0.15) is 0 Å². The summed E-state index contributed by atoms with van der Waals surface area (Å²) in [5.74, 6) is -0.738. The van der Waals surface area contributed by atoms with Crippen molar-refractivity contribution in [1.82, 2.24) is 9.80 Å². The smallest absolute Gasteiger partial charge is 0.306 e. The summed E-state index contributed by atoms with van der Waals surface area (Å²) in [6, 6.07) is 0.410. The molecule has 6 heteroatoms. The summed E-state index contributed by atoms with van der Waals surface area (Å²) < 4.78 is 0. The van der Waals surface area contributed by atoms with Crippen LogP contribution < -0.4 is 0 Å². The van der Waals surface area contributed by atoms with Gasteiger partial charge in [0.15, 0.2) is 0 Å². The van der Waals surface area contributed by atoms with Crippen molar-refractivity contribution in [1.29, 1.82) is 0 Å². The number of rotatable bonds is 4. The molecule has 1 saturated heterocycles. The Balaban J connectivity index is 0.00000220. The average Bonchev–Trinajstić information content (AvgIpc) is 2.48. The number of likely N-dealkylation sites (N-methyl/N-ethyl adjacent to an activating group) is 1. The molecular weight excluding hydrogens is 292 g/mol. The summed E-state index contributed by atoms with van der Waals surface area (Å²) in [6.07, 6.45) is 7.33. The van der Waals surface area contributed by atoms with E-state index in [0.717, 1.165) is 25.9 Å². The van der Waals surface area contributed by atoms with E-state index in [2.05, 4.69) is 4.90 Å². The van der Waals surface area contributed by atoms with Gasteiger partial charge in [-0.25, -0.2) is 0 Å². The first-order valence-corrected chi connectivity index (χ1v) is 7.78. The van der Waals surface area contributed by atoms with Gasteiger partial charge in [-0.05, 0) is 38.8 Å². The normalized spacial score (nSPS) is 21.6. The van der Waals surface area contributed by atoms with Crippen LogP contribution >= 0.6 is 12.4 Å². The van der Waals surface area contributed by atoms with Crippen molar-refractivity contribution in [3.63, 3.8) is 0 Å². The second-order valence-electron chi connectivity index (χ2n) is 6.19. The van der Waals surface area contributed by atoms with E-state index in [-0.39, 0.29) is 24.2 Å². The number of carbonyl (C=O) groups is 2. The second kappa shape index (κ2) is 8.59. The molecule has 122 valence electrons. The summed E-state index contributed by atoms with van der Waals surface area (Å²) in [6.45, 7) is 1.89. The molecule has 0 aromatic carbocycles. The first-order valence-electron chi connectivity index (χ1n) is 7.78. The number of halogens is 1. The molecule has 1 N–H and O–H groups in total. The fourth-order valence-corrected chi connectivity index (χ4v) is 3.31. The van der Waals surface area contributed by atoms with Gasteiger partial charge in [0, 0.05) is 13.1 Å². The van der Waals surface area contributed by atoms with Gasteiger partial charge in [-0.1, -0.05) is 19.3 Å². The van der Waals surface area contributed by atoms with Crippen molar-refractivity contribution in [2.24, 2.45) is 5.92 Å². The minimum atomic E-state index is -0.699. The van der Waals surface area contributed by atoms with Crippen LogP contribution in [0.1, 0.15) is 44.9 Å². The lowest BCUT2D eigenvalue weighted by Gasteiger charge is -2.34. The molecule has 1 aliphatic heterocycles. The number of carbonyl (C=O) groups excluding carboxylic acids is 1. The maximum absolute atomic E-state index is 12.3. The van der Waals surface area contributed by atoms with E-state index in [9.17, 15) is 9.59 Å². The van der Waals surface area contributed by atoms with E-state index in [1.54, 1.807) is 0 Å². The van der Waals surface area contributed by atoms with Crippen LogP contribution in [-0.4, -0.2) is 59.5 Å². The molecule has 0 unspecified atom stereocenters. The standard InChI is InChI=1S/C15H26N2O3.ClH/c1-16(13-5-3-2-4-6-13)14(18)11-17-9-7-12(8-10-17)15(19)20;/h12-13H,2-11H2,1H3,(H,19,20);1H. The van der Waals surface area contributed by atoms with Crippen molar-refractivity contribution < 1.29 is 14.7 Å². The molecule has 0 aromatic heterocycles. The number of hydrogen-bond acceptors (Lipinski definition) is 3. The third-order valence-electron chi connectivity index (χ3n) is 4.81. The van der Waals surface area contributed by atoms with Crippen LogP contribution in [0.2, 0.25) is 0 Å². The zero-order chi connectivity index (χ0) is 14.5. The molecule has 2 fully saturated rings. The molecule has 21 heavy (non-hydrogen) atoms. The number of hydrogen-bond donors (Lipinski definition) is 1. The van der Waals surface area contributed by atoms with Crippen molar-refractivity contribution in [3.8, 4) is 0 Å². The Kier molecular flexibility index (Phi) is 7.46. The molecule has 0 spiro atoms. The molecular formula is C15H27ClN2O3. The van der Waals surface area contributed by atoms with E-state index < -0.39 is 5.97 Å². The summed E-state index contributed by atoms with van der Waals surface area (Å²) in [7, 11) is 1.92. The van der Waals surface area contributed by atoms with E-state index in [0.29, 0.717) is 25.4 Å². The van der Waals surface area contributed by atoms with E-state index >= 15 is 0 Å².